The summed E-state index contributed by atoms with van der Waals surface area (Å²) in [5.41, 5.74) is 5.48. The van der Waals surface area contributed by atoms with Gasteiger partial charge in [0.25, 0.3) is 5.91 Å². The molecular weight excluding hydrogens is 242 g/mol. The Labute approximate surface area is 113 Å². The number of hydrogen-bond donors (Lipinski definition) is 3. The number of hydrogen-bond acceptors (Lipinski definition) is 5. The van der Waals surface area contributed by atoms with E-state index in [4.69, 9.17) is 0 Å². The van der Waals surface area contributed by atoms with Gasteiger partial charge in [0.05, 0.1) is 6.54 Å². The Hall–Kier alpha value is -1.66. The first kappa shape index (κ1) is 13.8. The van der Waals surface area contributed by atoms with Crippen molar-refractivity contribution in [2.45, 2.75) is 25.9 Å². The standard InChI is InChI=1S/C13H21N5O/c1-10-8-18(11(2)7-15-10)9-13(19)17-16-12-5-3-4-6-14-12/h3-6,10-11,15H,7-9H2,1-2H3,(H,14,16)(H,17,19). The summed E-state index contributed by atoms with van der Waals surface area (Å²) >= 11 is 0. The second kappa shape index (κ2) is 6.49. The number of nitrogens with one attached hydrogen (secondary N) is 3. The molecule has 1 fully saturated rings. The Morgan fingerprint density at radius 1 is 1.53 bits per heavy atom. The Bertz CT molecular complexity index is 411. The second-order valence-electron chi connectivity index (χ2n) is 4.98. The lowest BCUT2D eigenvalue weighted by molar-refractivity contribution is -0.122. The number of pyridine rings is 1. The first-order chi connectivity index (χ1) is 9.15. The highest BCUT2D eigenvalue weighted by Gasteiger charge is 2.23. The molecule has 0 radical (unpaired) electrons. The van der Waals surface area contributed by atoms with Gasteiger partial charge < -0.3 is 5.32 Å². The average molecular weight is 263 g/mol. The Balaban J connectivity index is 1.77. The first-order valence-electron chi connectivity index (χ1n) is 6.58. The van der Waals surface area contributed by atoms with Crippen molar-refractivity contribution >= 4 is 11.7 Å². The van der Waals surface area contributed by atoms with E-state index >= 15 is 0 Å². The molecule has 3 N–H and O–H groups in total. The number of piperazine rings is 1. The minimum Gasteiger partial charge on any atom is -0.311 e. The lowest BCUT2D eigenvalue weighted by Gasteiger charge is -2.36. The summed E-state index contributed by atoms with van der Waals surface area (Å²) in [6.45, 7) is 6.45. The van der Waals surface area contributed by atoms with E-state index in [1.165, 1.54) is 0 Å². The third kappa shape index (κ3) is 4.18. The first-order valence-corrected chi connectivity index (χ1v) is 6.58. The van der Waals surface area contributed by atoms with Gasteiger partial charge in [-0.05, 0) is 26.0 Å². The topological polar surface area (TPSA) is 69.3 Å². The van der Waals surface area contributed by atoms with Crippen LogP contribution in [0.2, 0.25) is 0 Å². The van der Waals surface area contributed by atoms with Gasteiger partial charge >= 0.3 is 0 Å². The molecule has 0 spiro atoms. The van der Waals surface area contributed by atoms with E-state index in [0.29, 0.717) is 24.4 Å². The van der Waals surface area contributed by atoms with Crippen LogP contribution >= 0.6 is 0 Å². The van der Waals surface area contributed by atoms with Gasteiger partial charge in [-0.2, -0.15) is 0 Å². The van der Waals surface area contributed by atoms with Crippen molar-refractivity contribution in [3.8, 4) is 0 Å². The summed E-state index contributed by atoms with van der Waals surface area (Å²) < 4.78 is 0. The molecule has 0 saturated carbocycles. The van der Waals surface area contributed by atoms with Crippen molar-refractivity contribution in [2.75, 3.05) is 25.1 Å². The van der Waals surface area contributed by atoms with Gasteiger partial charge in [-0.1, -0.05) is 6.07 Å². The number of amides is 1. The molecule has 0 aromatic carbocycles. The third-order valence-electron chi connectivity index (χ3n) is 3.24. The fraction of sp³-hybridized carbons (Fsp3) is 0.538. The van der Waals surface area contributed by atoms with Gasteiger partial charge in [0.1, 0.15) is 5.82 Å². The molecule has 0 bridgehead atoms. The molecule has 1 saturated heterocycles. The molecule has 6 nitrogen and oxygen atoms in total. The minimum atomic E-state index is -0.0494. The Morgan fingerprint density at radius 3 is 3.11 bits per heavy atom. The molecule has 6 heteroatoms. The molecule has 0 aliphatic carbocycles. The maximum atomic E-state index is 11.9. The van der Waals surface area contributed by atoms with E-state index in [-0.39, 0.29) is 5.91 Å². The highest BCUT2D eigenvalue weighted by Crippen LogP contribution is 2.05. The van der Waals surface area contributed by atoms with Crippen LogP contribution in [0.3, 0.4) is 0 Å². The fourth-order valence-corrected chi connectivity index (χ4v) is 2.11. The maximum Gasteiger partial charge on any atom is 0.252 e. The van der Waals surface area contributed by atoms with E-state index in [9.17, 15) is 4.79 Å². The monoisotopic (exact) mass is 263 g/mol. The largest absolute Gasteiger partial charge is 0.311 e. The Morgan fingerprint density at radius 2 is 2.37 bits per heavy atom. The van der Waals surface area contributed by atoms with Crippen molar-refractivity contribution < 1.29 is 4.79 Å². The predicted octanol–water partition coefficient (Wildman–Crippen LogP) is 0.207. The Kier molecular flexibility index (Phi) is 4.70. The smallest absolute Gasteiger partial charge is 0.252 e. The van der Waals surface area contributed by atoms with Crippen LogP contribution in [0.5, 0.6) is 0 Å². The minimum absolute atomic E-state index is 0.0494. The molecule has 1 aliphatic rings. The molecule has 2 rings (SSSR count). The average Bonchev–Trinajstić information content (AvgIpc) is 2.42. The van der Waals surface area contributed by atoms with Crippen LogP contribution in [-0.2, 0) is 4.79 Å². The molecule has 2 atom stereocenters. The summed E-state index contributed by atoms with van der Waals surface area (Å²) in [4.78, 5) is 18.1. The zero-order valence-corrected chi connectivity index (χ0v) is 11.4. The zero-order valence-electron chi connectivity index (χ0n) is 11.4. The van der Waals surface area contributed by atoms with E-state index in [0.717, 1.165) is 13.1 Å². The van der Waals surface area contributed by atoms with Crippen LogP contribution in [0.15, 0.2) is 24.4 Å². The molecule has 1 amide bonds. The van der Waals surface area contributed by atoms with Gasteiger partial charge in [0, 0.05) is 31.4 Å². The fourth-order valence-electron chi connectivity index (χ4n) is 2.11. The van der Waals surface area contributed by atoms with E-state index in [1.54, 1.807) is 12.3 Å². The van der Waals surface area contributed by atoms with Crippen LogP contribution in [0.25, 0.3) is 0 Å². The second-order valence-corrected chi connectivity index (χ2v) is 4.98. The maximum absolute atomic E-state index is 11.9. The number of anilines is 1. The molecule has 19 heavy (non-hydrogen) atoms. The van der Waals surface area contributed by atoms with E-state index in [1.807, 2.05) is 12.1 Å². The molecular formula is C13H21N5O. The number of carbonyl (C=O) groups excluding carboxylic acids is 1. The quantitative estimate of drug-likeness (QED) is 0.677. The normalized spacial score (nSPS) is 23.9. The van der Waals surface area contributed by atoms with Crippen molar-refractivity contribution in [3.63, 3.8) is 0 Å². The van der Waals surface area contributed by atoms with Crippen molar-refractivity contribution in [1.82, 2.24) is 20.6 Å². The SMILES string of the molecule is CC1CN(CC(=O)NNc2ccccn2)C(C)CN1. The predicted molar refractivity (Wildman–Crippen MR) is 74.5 cm³/mol. The van der Waals surface area contributed by atoms with Crippen LogP contribution in [0.4, 0.5) is 5.82 Å². The lowest BCUT2D eigenvalue weighted by Crippen LogP contribution is -2.56. The van der Waals surface area contributed by atoms with Gasteiger partial charge in [-0.15, -0.1) is 0 Å². The summed E-state index contributed by atoms with van der Waals surface area (Å²) in [6.07, 6.45) is 1.68. The highest BCUT2D eigenvalue weighted by atomic mass is 16.2. The van der Waals surface area contributed by atoms with Crippen molar-refractivity contribution in [2.24, 2.45) is 0 Å². The van der Waals surface area contributed by atoms with Crippen LogP contribution in [-0.4, -0.2) is 47.5 Å². The number of nitrogens with zero attached hydrogens (tertiary/aromatic N) is 2. The summed E-state index contributed by atoms with van der Waals surface area (Å²) in [5, 5.41) is 3.39. The number of hydrazine groups is 1. The molecule has 2 heterocycles. The molecule has 104 valence electrons. The molecule has 1 aliphatic heterocycles. The van der Waals surface area contributed by atoms with Gasteiger partial charge in [0.2, 0.25) is 0 Å². The number of aromatic nitrogens is 1. The molecule has 1 aromatic heterocycles. The lowest BCUT2D eigenvalue weighted by atomic mass is 10.1. The number of carbonyl (C=O) groups is 1. The van der Waals surface area contributed by atoms with Crippen LogP contribution in [0, 0.1) is 0 Å². The molecule has 2 unspecified atom stereocenters. The molecule has 1 aromatic rings. The van der Waals surface area contributed by atoms with Crippen molar-refractivity contribution in [1.29, 1.82) is 0 Å². The summed E-state index contributed by atoms with van der Waals surface area (Å²) in [5.74, 6) is 0.587. The van der Waals surface area contributed by atoms with Crippen LogP contribution in [0.1, 0.15) is 13.8 Å². The summed E-state index contributed by atoms with van der Waals surface area (Å²) in [6, 6.07) is 6.29. The van der Waals surface area contributed by atoms with Crippen molar-refractivity contribution in [3.05, 3.63) is 24.4 Å². The summed E-state index contributed by atoms with van der Waals surface area (Å²) in [7, 11) is 0. The number of rotatable bonds is 4. The van der Waals surface area contributed by atoms with E-state index < -0.39 is 0 Å². The van der Waals surface area contributed by atoms with Gasteiger partial charge in [0.15, 0.2) is 0 Å². The van der Waals surface area contributed by atoms with Gasteiger partial charge in [-0.25, -0.2) is 4.98 Å². The highest BCUT2D eigenvalue weighted by molar-refractivity contribution is 5.79. The zero-order chi connectivity index (χ0) is 13.7. The van der Waals surface area contributed by atoms with Gasteiger partial charge in [-0.3, -0.25) is 20.5 Å². The van der Waals surface area contributed by atoms with Crippen LogP contribution < -0.4 is 16.2 Å². The third-order valence-corrected chi connectivity index (χ3v) is 3.24. The van der Waals surface area contributed by atoms with E-state index in [2.05, 4.69) is 39.9 Å².